The van der Waals surface area contributed by atoms with E-state index in [9.17, 15) is 0 Å². The Hall–Kier alpha value is -2.53. The number of hydrogen-bond donors (Lipinski definition) is 1. The third kappa shape index (κ3) is 2.64. The number of hydrogen-bond acceptors (Lipinski definition) is 4. The molecule has 0 saturated heterocycles. The number of aryl methyl sites for hydroxylation is 2. The number of benzene rings is 2. The number of fused-ring (bicyclic) bond motifs is 3. The zero-order chi connectivity index (χ0) is 15.8. The van der Waals surface area contributed by atoms with Crippen molar-refractivity contribution in [3.8, 4) is 11.4 Å². The monoisotopic (exact) mass is 326 g/mol. The second-order valence-electron chi connectivity index (χ2n) is 5.52. The molecule has 23 heavy (non-hydrogen) atoms. The third-order valence-electron chi connectivity index (χ3n) is 3.98. The van der Waals surface area contributed by atoms with Crippen molar-refractivity contribution in [3.63, 3.8) is 0 Å². The van der Waals surface area contributed by atoms with Crippen molar-refractivity contribution in [2.75, 3.05) is 5.73 Å². The quantitative estimate of drug-likeness (QED) is 0.802. The average molecular weight is 327 g/mol. The molecule has 4 rings (SSSR count). The molecule has 116 valence electrons. The SMILES string of the molecule is Nc1nnc2n1-c1ccc(OCc3ccc(Cl)cc3)cc1CC2. The maximum atomic E-state index is 5.91. The number of ether oxygens (including phenoxy) is 1. The van der Waals surface area contributed by atoms with E-state index in [-0.39, 0.29) is 0 Å². The van der Waals surface area contributed by atoms with Crippen molar-refractivity contribution in [3.05, 3.63) is 64.4 Å². The predicted octanol–water partition coefficient (Wildman–Crippen LogP) is 3.18. The Morgan fingerprint density at radius 1 is 1.09 bits per heavy atom. The lowest BCUT2D eigenvalue weighted by molar-refractivity contribution is 0.306. The van der Waals surface area contributed by atoms with Crippen LogP contribution in [0.3, 0.4) is 0 Å². The van der Waals surface area contributed by atoms with Gasteiger partial charge in [0, 0.05) is 11.4 Å². The predicted molar refractivity (Wildman–Crippen MR) is 89.0 cm³/mol. The molecule has 0 fully saturated rings. The highest BCUT2D eigenvalue weighted by Gasteiger charge is 2.20. The summed E-state index contributed by atoms with van der Waals surface area (Å²) in [6.45, 7) is 0.510. The highest BCUT2D eigenvalue weighted by atomic mass is 35.5. The molecule has 1 aromatic heterocycles. The first kappa shape index (κ1) is 14.1. The highest BCUT2D eigenvalue weighted by Crippen LogP contribution is 2.29. The number of anilines is 1. The molecule has 6 heteroatoms. The molecule has 0 aliphatic carbocycles. The van der Waals surface area contributed by atoms with Crippen molar-refractivity contribution in [2.45, 2.75) is 19.4 Å². The van der Waals surface area contributed by atoms with Crippen LogP contribution in [-0.4, -0.2) is 14.8 Å². The number of nitrogens with two attached hydrogens (primary N) is 1. The van der Waals surface area contributed by atoms with Crippen molar-refractivity contribution >= 4 is 17.5 Å². The topological polar surface area (TPSA) is 66.0 Å². The lowest BCUT2D eigenvalue weighted by Gasteiger charge is -2.19. The van der Waals surface area contributed by atoms with Crippen molar-refractivity contribution < 1.29 is 4.74 Å². The molecule has 1 aliphatic rings. The lowest BCUT2D eigenvalue weighted by Crippen LogP contribution is -2.14. The van der Waals surface area contributed by atoms with Crippen molar-refractivity contribution in [1.82, 2.24) is 14.8 Å². The summed E-state index contributed by atoms with van der Waals surface area (Å²) in [5, 5.41) is 8.78. The lowest BCUT2D eigenvalue weighted by atomic mass is 10.0. The van der Waals surface area contributed by atoms with Crippen LogP contribution in [0.25, 0.3) is 5.69 Å². The minimum Gasteiger partial charge on any atom is -0.489 e. The van der Waals surface area contributed by atoms with E-state index in [0.717, 1.165) is 40.7 Å². The van der Waals surface area contributed by atoms with E-state index in [1.165, 1.54) is 5.56 Å². The van der Waals surface area contributed by atoms with Gasteiger partial charge in [-0.05, 0) is 47.9 Å². The smallest absolute Gasteiger partial charge is 0.226 e. The minimum absolute atomic E-state index is 0.427. The number of halogens is 1. The molecule has 2 aromatic carbocycles. The fraction of sp³-hybridized carbons (Fsp3) is 0.176. The van der Waals surface area contributed by atoms with Crippen LogP contribution in [0.1, 0.15) is 17.0 Å². The summed E-state index contributed by atoms with van der Waals surface area (Å²) in [7, 11) is 0. The first-order valence-corrected chi connectivity index (χ1v) is 7.79. The molecule has 5 nitrogen and oxygen atoms in total. The van der Waals surface area contributed by atoms with E-state index >= 15 is 0 Å². The maximum absolute atomic E-state index is 5.91. The van der Waals surface area contributed by atoms with E-state index in [4.69, 9.17) is 22.1 Å². The third-order valence-corrected chi connectivity index (χ3v) is 4.24. The summed E-state index contributed by atoms with van der Waals surface area (Å²) in [4.78, 5) is 0. The molecule has 0 bridgehead atoms. The fourth-order valence-electron chi connectivity index (χ4n) is 2.82. The van der Waals surface area contributed by atoms with Crippen molar-refractivity contribution in [2.24, 2.45) is 0 Å². The Kier molecular flexibility index (Phi) is 3.42. The van der Waals surface area contributed by atoms with Crippen LogP contribution in [0.2, 0.25) is 5.02 Å². The minimum atomic E-state index is 0.427. The molecule has 2 N–H and O–H groups in total. The Balaban J connectivity index is 1.56. The summed E-state index contributed by atoms with van der Waals surface area (Å²) in [6.07, 6.45) is 1.74. The van der Waals surface area contributed by atoms with Crippen LogP contribution in [-0.2, 0) is 19.4 Å². The van der Waals surface area contributed by atoms with Crippen LogP contribution in [0, 0.1) is 0 Å². The van der Waals surface area contributed by atoms with Gasteiger partial charge in [0.25, 0.3) is 0 Å². The van der Waals surface area contributed by atoms with E-state index in [1.54, 1.807) is 0 Å². The van der Waals surface area contributed by atoms with Crippen LogP contribution in [0.5, 0.6) is 5.75 Å². The molecule has 2 heterocycles. The number of nitrogen functional groups attached to an aromatic ring is 1. The van der Waals surface area contributed by atoms with Crippen LogP contribution in [0.15, 0.2) is 42.5 Å². The zero-order valence-corrected chi connectivity index (χ0v) is 13.1. The van der Waals surface area contributed by atoms with E-state index in [0.29, 0.717) is 12.6 Å². The number of nitrogens with zero attached hydrogens (tertiary/aromatic N) is 3. The van der Waals surface area contributed by atoms with Gasteiger partial charge >= 0.3 is 0 Å². The molecule has 0 spiro atoms. The van der Waals surface area contributed by atoms with Gasteiger partial charge in [0.15, 0.2) is 0 Å². The molecular weight excluding hydrogens is 312 g/mol. The summed E-state index contributed by atoms with van der Waals surface area (Å²) in [6, 6.07) is 13.7. The van der Waals surface area contributed by atoms with Gasteiger partial charge in [0.05, 0.1) is 5.69 Å². The highest BCUT2D eigenvalue weighted by molar-refractivity contribution is 6.30. The average Bonchev–Trinajstić information content (AvgIpc) is 2.96. The van der Waals surface area contributed by atoms with Crippen LogP contribution in [0.4, 0.5) is 5.95 Å². The molecule has 0 amide bonds. The molecule has 0 radical (unpaired) electrons. The van der Waals surface area contributed by atoms with Gasteiger partial charge in [-0.1, -0.05) is 23.7 Å². The Morgan fingerprint density at radius 2 is 1.91 bits per heavy atom. The van der Waals surface area contributed by atoms with Crippen LogP contribution >= 0.6 is 11.6 Å². The number of aromatic nitrogens is 3. The van der Waals surface area contributed by atoms with Gasteiger partial charge < -0.3 is 10.5 Å². The normalized spacial score (nSPS) is 12.6. The van der Waals surface area contributed by atoms with Gasteiger partial charge in [-0.2, -0.15) is 0 Å². The van der Waals surface area contributed by atoms with Gasteiger partial charge in [0.1, 0.15) is 18.2 Å². The largest absolute Gasteiger partial charge is 0.489 e. The van der Waals surface area contributed by atoms with Crippen molar-refractivity contribution in [1.29, 1.82) is 0 Å². The fourth-order valence-corrected chi connectivity index (χ4v) is 2.94. The van der Waals surface area contributed by atoms with Gasteiger partial charge in [-0.15, -0.1) is 10.2 Å². The second kappa shape index (κ2) is 5.59. The summed E-state index contributed by atoms with van der Waals surface area (Å²) < 4.78 is 7.79. The van der Waals surface area contributed by atoms with E-state index < -0.39 is 0 Å². The first-order valence-electron chi connectivity index (χ1n) is 7.41. The number of rotatable bonds is 3. The standard InChI is InChI=1S/C17H15ClN4O/c18-13-4-1-11(2-5-13)10-23-14-6-7-15-12(9-14)3-8-16-20-21-17(19)22(15)16/h1-2,4-7,9H,3,8,10H2,(H2,19,21). The second-order valence-corrected chi connectivity index (χ2v) is 5.95. The molecule has 0 atom stereocenters. The molecule has 0 saturated carbocycles. The molecular formula is C17H15ClN4O. The molecule has 3 aromatic rings. The summed E-state index contributed by atoms with van der Waals surface area (Å²) in [5.41, 5.74) is 9.22. The van der Waals surface area contributed by atoms with Gasteiger partial charge in [0.2, 0.25) is 5.95 Å². The van der Waals surface area contributed by atoms with E-state index in [2.05, 4.69) is 16.3 Å². The Labute approximate surface area is 138 Å². The summed E-state index contributed by atoms with van der Waals surface area (Å²) in [5.74, 6) is 2.18. The Morgan fingerprint density at radius 3 is 2.74 bits per heavy atom. The molecule has 1 aliphatic heterocycles. The van der Waals surface area contributed by atoms with Gasteiger partial charge in [-0.25, -0.2) is 0 Å². The van der Waals surface area contributed by atoms with E-state index in [1.807, 2.05) is 41.0 Å². The zero-order valence-electron chi connectivity index (χ0n) is 12.4. The van der Waals surface area contributed by atoms with Gasteiger partial charge in [-0.3, -0.25) is 4.57 Å². The molecule has 0 unspecified atom stereocenters. The Bertz CT molecular complexity index is 858. The first-order chi connectivity index (χ1) is 11.2. The summed E-state index contributed by atoms with van der Waals surface area (Å²) >= 11 is 5.89. The maximum Gasteiger partial charge on any atom is 0.226 e. The van der Waals surface area contributed by atoms with Crippen LogP contribution < -0.4 is 10.5 Å².